The molecule has 0 saturated heterocycles. The number of amides is 1. The molecule has 0 radical (unpaired) electrons. The van der Waals surface area contributed by atoms with Crippen molar-refractivity contribution < 1.29 is 4.79 Å². The van der Waals surface area contributed by atoms with Crippen LogP contribution >= 0.6 is 0 Å². The largest absolute Gasteiger partial charge is 0.334 e. The highest BCUT2D eigenvalue weighted by Crippen LogP contribution is 2.49. The van der Waals surface area contributed by atoms with Crippen molar-refractivity contribution >= 4 is 5.91 Å². The molecule has 1 aliphatic carbocycles. The Morgan fingerprint density at radius 2 is 2.04 bits per heavy atom. The molecule has 25 heavy (non-hydrogen) atoms. The lowest BCUT2D eigenvalue weighted by molar-refractivity contribution is -0.132. The standard InChI is InChI=1S/C20H23N3O2/c1-12-13(2)22(3)20(25)18-11-23(10-17(12)18)19(24)8-15-7-16(15)14-5-4-6-21-9-14/h4-6,9,15-16H,7-8,10-11H2,1-3H3. The highest BCUT2D eigenvalue weighted by Gasteiger charge is 2.41. The van der Waals surface area contributed by atoms with E-state index in [0.717, 1.165) is 28.8 Å². The van der Waals surface area contributed by atoms with Gasteiger partial charge in [-0.05, 0) is 54.9 Å². The Kier molecular flexibility index (Phi) is 3.74. The minimum Gasteiger partial charge on any atom is -0.334 e. The summed E-state index contributed by atoms with van der Waals surface area (Å²) in [6.07, 6.45) is 5.29. The van der Waals surface area contributed by atoms with Crippen molar-refractivity contribution in [3.05, 3.63) is 62.8 Å². The van der Waals surface area contributed by atoms with Gasteiger partial charge in [-0.3, -0.25) is 14.6 Å². The minimum atomic E-state index is 0.0352. The minimum absolute atomic E-state index is 0.0352. The molecule has 1 amide bonds. The molecule has 2 unspecified atom stereocenters. The number of hydrogen-bond acceptors (Lipinski definition) is 3. The van der Waals surface area contributed by atoms with Gasteiger partial charge in [0.25, 0.3) is 5.56 Å². The molecule has 4 rings (SSSR count). The zero-order valence-corrected chi connectivity index (χ0v) is 15.0. The van der Waals surface area contributed by atoms with E-state index in [1.807, 2.05) is 31.0 Å². The summed E-state index contributed by atoms with van der Waals surface area (Å²) in [5.74, 6) is 1.03. The van der Waals surface area contributed by atoms with Crippen LogP contribution in [0.3, 0.4) is 0 Å². The van der Waals surface area contributed by atoms with E-state index in [4.69, 9.17) is 0 Å². The van der Waals surface area contributed by atoms with Crippen molar-refractivity contribution in [2.75, 3.05) is 0 Å². The van der Waals surface area contributed by atoms with Crippen molar-refractivity contribution in [2.24, 2.45) is 13.0 Å². The molecule has 1 fully saturated rings. The number of pyridine rings is 2. The monoisotopic (exact) mass is 337 g/mol. The fraction of sp³-hybridized carbons (Fsp3) is 0.450. The second kappa shape index (κ2) is 5.83. The molecule has 3 heterocycles. The van der Waals surface area contributed by atoms with Crippen molar-refractivity contribution in [3.63, 3.8) is 0 Å². The maximum absolute atomic E-state index is 12.7. The normalized spacial score (nSPS) is 21.3. The molecule has 2 aliphatic rings. The Morgan fingerprint density at radius 1 is 1.28 bits per heavy atom. The number of hydrogen-bond donors (Lipinski definition) is 0. The van der Waals surface area contributed by atoms with Crippen LogP contribution in [0.25, 0.3) is 0 Å². The first-order chi connectivity index (χ1) is 12.0. The van der Waals surface area contributed by atoms with Gasteiger partial charge in [0.05, 0.1) is 6.54 Å². The Bertz CT molecular complexity index is 901. The van der Waals surface area contributed by atoms with Crippen LogP contribution in [0.5, 0.6) is 0 Å². The van der Waals surface area contributed by atoms with E-state index in [9.17, 15) is 9.59 Å². The third kappa shape index (κ3) is 2.68. The average molecular weight is 337 g/mol. The summed E-state index contributed by atoms with van der Waals surface area (Å²) in [6.45, 7) is 5.03. The van der Waals surface area contributed by atoms with Crippen LogP contribution in [0, 0.1) is 19.8 Å². The number of carbonyl (C=O) groups excluding carboxylic acids is 1. The Balaban J connectivity index is 1.46. The molecule has 2 aromatic rings. The van der Waals surface area contributed by atoms with Gasteiger partial charge in [-0.2, -0.15) is 0 Å². The van der Waals surface area contributed by atoms with E-state index in [1.165, 1.54) is 5.56 Å². The smallest absolute Gasteiger partial charge is 0.255 e. The quantitative estimate of drug-likeness (QED) is 0.864. The fourth-order valence-electron chi connectivity index (χ4n) is 4.00. The van der Waals surface area contributed by atoms with Gasteiger partial charge in [0.15, 0.2) is 0 Å². The molecule has 5 heteroatoms. The lowest BCUT2D eigenvalue weighted by Crippen LogP contribution is -2.27. The van der Waals surface area contributed by atoms with Crippen LogP contribution in [-0.2, 0) is 24.9 Å². The van der Waals surface area contributed by atoms with Gasteiger partial charge < -0.3 is 9.47 Å². The summed E-state index contributed by atoms with van der Waals surface area (Å²) in [5, 5.41) is 0. The molecular formula is C20H23N3O2. The molecule has 0 bridgehead atoms. The lowest BCUT2D eigenvalue weighted by atomic mass is 10.0. The number of fused-ring (bicyclic) bond motifs is 1. The Labute approximate surface area is 147 Å². The molecule has 0 N–H and O–H groups in total. The van der Waals surface area contributed by atoms with E-state index in [0.29, 0.717) is 31.3 Å². The Hall–Kier alpha value is -2.43. The molecule has 1 aliphatic heterocycles. The molecule has 2 aromatic heterocycles. The van der Waals surface area contributed by atoms with Crippen molar-refractivity contribution in [1.29, 1.82) is 0 Å². The predicted molar refractivity (Wildman–Crippen MR) is 95.1 cm³/mol. The summed E-state index contributed by atoms with van der Waals surface area (Å²) in [4.78, 5) is 31.2. The van der Waals surface area contributed by atoms with E-state index < -0.39 is 0 Å². The van der Waals surface area contributed by atoms with Gasteiger partial charge >= 0.3 is 0 Å². The molecule has 5 nitrogen and oxygen atoms in total. The third-order valence-corrected chi connectivity index (χ3v) is 5.95. The van der Waals surface area contributed by atoms with Gasteiger partial charge in [-0.25, -0.2) is 0 Å². The van der Waals surface area contributed by atoms with Crippen LogP contribution in [0.1, 0.15) is 46.7 Å². The molecule has 1 saturated carbocycles. The molecule has 2 atom stereocenters. The van der Waals surface area contributed by atoms with Gasteiger partial charge in [0.2, 0.25) is 5.91 Å². The maximum Gasteiger partial charge on any atom is 0.255 e. The van der Waals surface area contributed by atoms with Crippen LogP contribution < -0.4 is 5.56 Å². The SMILES string of the molecule is Cc1c2c(c(=O)n(C)c1C)CN(C(=O)CC1CC1c1cccnc1)C2. The van der Waals surface area contributed by atoms with Crippen LogP contribution in [0.2, 0.25) is 0 Å². The average Bonchev–Trinajstić information content (AvgIpc) is 3.24. The lowest BCUT2D eigenvalue weighted by Gasteiger charge is -2.15. The summed E-state index contributed by atoms with van der Waals surface area (Å²) in [6, 6.07) is 4.04. The van der Waals surface area contributed by atoms with Gasteiger partial charge in [-0.15, -0.1) is 0 Å². The number of nitrogens with zero attached hydrogens (tertiary/aromatic N) is 3. The van der Waals surface area contributed by atoms with Crippen LogP contribution in [0.15, 0.2) is 29.3 Å². The predicted octanol–water partition coefficient (Wildman–Crippen LogP) is 2.43. The Morgan fingerprint density at radius 3 is 2.76 bits per heavy atom. The molecule has 0 aromatic carbocycles. The highest BCUT2D eigenvalue weighted by molar-refractivity contribution is 5.78. The van der Waals surface area contributed by atoms with E-state index in [-0.39, 0.29) is 11.5 Å². The van der Waals surface area contributed by atoms with Crippen molar-refractivity contribution in [2.45, 2.75) is 45.7 Å². The van der Waals surface area contributed by atoms with Crippen molar-refractivity contribution in [1.82, 2.24) is 14.5 Å². The first kappa shape index (κ1) is 16.1. The van der Waals surface area contributed by atoms with Crippen LogP contribution in [0.4, 0.5) is 0 Å². The second-order valence-electron chi connectivity index (χ2n) is 7.37. The van der Waals surface area contributed by atoms with E-state index in [2.05, 4.69) is 11.1 Å². The van der Waals surface area contributed by atoms with Crippen LogP contribution in [-0.4, -0.2) is 20.4 Å². The highest BCUT2D eigenvalue weighted by atomic mass is 16.2. The summed E-state index contributed by atoms with van der Waals surface area (Å²) >= 11 is 0. The maximum atomic E-state index is 12.7. The van der Waals surface area contributed by atoms with E-state index >= 15 is 0 Å². The zero-order chi connectivity index (χ0) is 17.7. The first-order valence-corrected chi connectivity index (χ1v) is 8.83. The summed E-state index contributed by atoms with van der Waals surface area (Å²) in [7, 11) is 1.80. The van der Waals surface area contributed by atoms with Gasteiger partial charge in [0.1, 0.15) is 0 Å². The van der Waals surface area contributed by atoms with Gasteiger partial charge in [-0.1, -0.05) is 6.07 Å². The zero-order valence-electron chi connectivity index (χ0n) is 15.0. The first-order valence-electron chi connectivity index (χ1n) is 8.83. The van der Waals surface area contributed by atoms with Gasteiger partial charge in [0, 0.05) is 43.7 Å². The fourth-order valence-corrected chi connectivity index (χ4v) is 4.00. The second-order valence-corrected chi connectivity index (χ2v) is 7.37. The molecule has 130 valence electrons. The number of carbonyl (C=O) groups is 1. The molecule has 0 spiro atoms. The van der Waals surface area contributed by atoms with E-state index in [1.54, 1.807) is 17.8 Å². The topological polar surface area (TPSA) is 55.2 Å². The summed E-state index contributed by atoms with van der Waals surface area (Å²) in [5.41, 5.74) is 5.22. The summed E-state index contributed by atoms with van der Waals surface area (Å²) < 4.78 is 1.70. The number of aromatic nitrogens is 2. The third-order valence-electron chi connectivity index (χ3n) is 5.95. The number of rotatable bonds is 3. The van der Waals surface area contributed by atoms with Crippen molar-refractivity contribution in [3.8, 4) is 0 Å². The molecular weight excluding hydrogens is 314 g/mol.